The molecule has 20 heavy (non-hydrogen) atoms. The van der Waals surface area contributed by atoms with Crippen molar-refractivity contribution in [3.05, 3.63) is 58.5 Å². The van der Waals surface area contributed by atoms with E-state index < -0.39 is 0 Å². The van der Waals surface area contributed by atoms with Gasteiger partial charge < -0.3 is 14.0 Å². The Labute approximate surface area is 118 Å². The summed E-state index contributed by atoms with van der Waals surface area (Å²) in [7, 11) is 1.63. The van der Waals surface area contributed by atoms with Crippen LogP contribution >= 0.6 is 0 Å². The summed E-state index contributed by atoms with van der Waals surface area (Å²) in [6.07, 6.45) is 0.788. The van der Waals surface area contributed by atoms with Gasteiger partial charge in [-0.3, -0.25) is 4.79 Å². The Kier molecular flexibility index (Phi) is 4.82. The molecule has 2 aromatic rings. The van der Waals surface area contributed by atoms with E-state index in [4.69, 9.17) is 9.47 Å². The number of hydrogen-bond acceptors (Lipinski definition) is 3. The molecule has 0 fully saturated rings. The number of ether oxygens (including phenoxy) is 2. The van der Waals surface area contributed by atoms with Crippen molar-refractivity contribution in [1.29, 1.82) is 0 Å². The van der Waals surface area contributed by atoms with E-state index in [0.29, 0.717) is 13.2 Å². The van der Waals surface area contributed by atoms with Crippen LogP contribution in [0.1, 0.15) is 12.1 Å². The first-order valence-electron chi connectivity index (χ1n) is 6.64. The van der Waals surface area contributed by atoms with Crippen LogP contribution in [0.2, 0.25) is 0 Å². The van der Waals surface area contributed by atoms with Gasteiger partial charge in [0.15, 0.2) is 0 Å². The lowest BCUT2D eigenvalue weighted by molar-refractivity contribution is 0.299. The fourth-order valence-electron chi connectivity index (χ4n) is 1.99. The van der Waals surface area contributed by atoms with Crippen molar-refractivity contribution in [2.24, 2.45) is 0 Å². The van der Waals surface area contributed by atoms with Gasteiger partial charge in [-0.2, -0.15) is 0 Å². The van der Waals surface area contributed by atoms with Crippen molar-refractivity contribution < 1.29 is 9.47 Å². The molecule has 1 heterocycles. The summed E-state index contributed by atoms with van der Waals surface area (Å²) in [5, 5.41) is 0. The monoisotopic (exact) mass is 273 g/mol. The van der Waals surface area contributed by atoms with E-state index >= 15 is 0 Å². The lowest BCUT2D eigenvalue weighted by Crippen LogP contribution is -2.21. The van der Waals surface area contributed by atoms with Crippen LogP contribution in [0, 0.1) is 6.92 Å². The predicted octanol–water partition coefficient (Wildman–Crippen LogP) is 2.63. The number of pyridine rings is 1. The first kappa shape index (κ1) is 14.2. The smallest absolute Gasteiger partial charge is 0.250 e. The third-order valence-electron chi connectivity index (χ3n) is 3.12. The van der Waals surface area contributed by atoms with Crippen LogP contribution in [0.15, 0.2) is 47.3 Å². The van der Waals surface area contributed by atoms with Crippen molar-refractivity contribution in [3.63, 3.8) is 0 Å². The highest BCUT2D eigenvalue weighted by atomic mass is 16.5. The largest absolute Gasteiger partial charge is 0.497 e. The van der Waals surface area contributed by atoms with Gasteiger partial charge in [-0.05, 0) is 43.7 Å². The maximum Gasteiger partial charge on any atom is 0.250 e. The first-order chi connectivity index (χ1) is 9.70. The van der Waals surface area contributed by atoms with Gasteiger partial charge in [0.05, 0.1) is 13.7 Å². The number of hydrogen-bond donors (Lipinski definition) is 0. The lowest BCUT2D eigenvalue weighted by Gasteiger charge is -2.10. The lowest BCUT2D eigenvalue weighted by atomic mass is 10.3. The zero-order chi connectivity index (χ0) is 14.4. The number of benzene rings is 1. The zero-order valence-electron chi connectivity index (χ0n) is 11.8. The molecule has 0 amide bonds. The molecule has 4 nitrogen and oxygen atoms in total. The fraction of sp³-hybridized carbons (Fsp3) is 0.312. The summed E-state index contributed by atoms with van der Waals surface area (Å²) in [5.74, 6) is 1.62. The van der Waals surface area contributed by atoms with Crippen LogP contribution in [-0.2, 0) is 6.54 Å². The molecule has 0 aliphatic rings. The van der Waals surface area contributed by atoms with Gasteiger partial charge in [-0.1, -0.05) is 6.07 Å². The number of aryl methyl sites for hydroxylation is 1. The third-order valence-corrected chi connectivity index (χ3v) is 3.12. The zero-order valence-corrected chi connectivity index (χ0v) is 11.8. The molecule has 1 aromatic carbocycles. The second kappa shape index (κ2) is 6.80. The van der Waals surface area contributed by atoms with Gasteiger partial charge in [-0.15, -0.1) is 0 Å². The van der Waals surface area contributed by atoms with Gasteiger partial charge in [-0.25, -0.2) is 0 Å². The van der Waals surface area contributed by atoms with Gasteiger partial charge in [0.2, 0.25) is 0 Å². The molecule has 0 aliphatic carbocycles. The Morgan fingerprint density at radius 3 is 2.40 bits per heavy atom. The van der Waals surface area contributed by atoms with Crippen LogP contribution in [-0.4, -0.2) is 18.3 Å². The minimum absolute atomic E-state index is 0.0365. The molecule has 0 atom stereocenters. The van der Waals surface area contributed by atoms with E-state index in [1.807, 2.05) is 37.3 Å². The number of nitrogens with zero attached hydrogens (tertiary/aromatic N) is 1. The van der Waals surface area contributed by atoms with Crippen LogP contribution in [0.5, 0.6) is 11.5 Å². The van der Waals surface area contributed by atoms with E-state index in [9.17, 15) is 4.79 Å². The molecule has 0 N–H and O–H groups in total. The quantitative estimate of drug-likeness (QED) is 0.760. The van der Waals surface area contributed by atoms with Crippen LogP contribution < -0.4 is 15.0 Å². The molecule has 2 rings (SSSR count). The van der Waals surface area contributed by atoms with E-state index in [2.05, 4.69) is 0 Å². The maximum atomic E-state index is 11.7. The minimum Gasteiger partial charge on any atom is -0.497 e. The second-order valence-corrected chi connectivity index (χ2v) is 4.53. The Morgan fingerprint density at radius 2 is 1.75 bits per heavy atom. The van der Waals surface area contributed by atoms with E-state index in [0.717, 1.165) is 23.6 Å². The molecule has 0 unspecified atom stereocenters. The minimum atomic E-state index is 0.0365. The molecular formula is C16H19NO3. The molecule has 0 saturated heterocycles. The highest BCUT2D eigenvalue weighted by Gasteiger charge is 2.00. The molecule has 0 bridgehead atoms. The molecule has 106 valence electrons. The van der Waals surface area contributed by atoms with E-state index in [1.54, 1.807) is 23.8 Å². The molecule has 4 heteroatoms. The van der Waals surface area contributed by atoms with Crippen molar-refractivity contribution >= 4 is 0 Å². The normalized spacial score (nSPS) is 10.3. The van der Waals surface area contributed by atoms with Crippen LogP contribution in [0.4, 0.5) is 0 Å². The Bertz CT molecular complexity index is 602. The molecule has 0 spiro atoms. The number of rotatable bonds is 6. The van der Waals surface area contributed by atoms with Crippen molar-refractivity contribution in [2.45, 2.75) is 19.9 Å². The van der Waals surface area contributed by atoms with Crippen molar-refractivity contribution in [3.8, 4) is 11.5 Å². The van der Waals surface area contributed by atoms with Crippen molar-refractivity contribution in [2.75, 3.05) is 13.7 Å². The maximum absolute atomic E-state index is 11.7. The third kappa shape index (κ3) is 3.63. The highest BCUT2D eigenvalue weighted by Crippen LogP contribution is 2.17. The molecular weight excluding hydrogens is 254 g/mol. The number of aromatic nitrogens is 1. The van der Waals surface area contributed by atoms with E-state index in [1.165, 1.54) is 0 Å². The summed E-state index contributed by atoms with van der Waals surface area (Å²) in [6, 6.07) is 12.8. The molecule has 0 radical (unpaired) electrons. The van der Waals surface area contributed by atoms with Crippen LogP contribution in [0.3, 0.4) is 0 Å². The van der Waals surface area contributed by atoms with E-state index in [-0.39, 0.29) is 5.56 Å². The van der Waals surface area contributed by atoms with Gasteiger partial charge in [0, 0.05) is 18.3 Å². The Hall–Kier alpha value is -2.23. The Balaban J connectivity index is 1.83. The fourth-order valence-corrected chi connectivity index (χ4v) is 1.99. The van der Waals surface area contributed by atoms with Gasteiger partial charge >= 0.3 is 0 Å². The molecule has 1 aromatic heterocycles. The average Bonchev–Trinajstić information content (AvgIpc) is 2.46. The summed E-state index contributed by atoms with van der Waals surface area (Å²) >= 11 is 0. The summed E-state index contributed by atoms with van der Waals surface area (Å²) in [4.78, 5) is 11.7. The molecule has 0 saturated carbocycles. The standard InChI is InChI=1S/C16H19NO3/c1-13-5-3-6-16(18)17(13)11-4-12-20-15-9-7-14(19-2)8-10-15/h3,5-10H,4,11-12H2,1-2H3. The summed E-state index contributed by atoms with van der Waals surface area (Å²) in [6.45, 7) is 3.18. The van der Waals surface area contributed by atoms with Crippen LogP contribution in [0.25, 0.3) is 0 Å². The van der Waals surface area contributed by atoms with Crippen molar-refractivity contribution in [1.82, 2.24) is 4.57 Å². The van der Waals surface area contributed by atoms with Gasteiger partial charge in [0.25, 0.3) is 5.56 Å². The topological polar surface area (TPSA) is 40.5 Å². The first-order valence-corrected chi connectivity index (χ1v) is 6.64. The summed E-state index contributed by atoms with van der Waals surface area (Å²) in [5.41, 5.74) is 1.01. The number of methoxy groups -OCH3 is 1. The Morgan fingerprint density at radius 1 is 1.05 bits per heavy atom. The summed E-state index contributed by atoms with van der Waals surface area (Å²) < 4.78 is 12.5. The van der Waals surface area contributed by atoms with Gasteiger partial charge in [0.1, 0.15) is 11.5 Å². The highest BCUT2D eigenvalue weighted by molar-refractivity contribution is 5.31. The SMILES string of the molecule is COc1ccc(OCCCn2c(C)cccc2=O)cc1. The second-order valence-electron chi connectivity index (χ2n) is 4.53. The average molecular weight is 273 g/mol. The predicted molar refractivity (Wildman–Crippen MR) is 78.5 cm³/mol. The molecule has 0 aliphatic heterocycles.